The van der Waals surface area contributed by atoms with Crippen molar-refractivity contribution in [2.24, 2.45) is 5.92 Å². The number of nitrogens with zero attached hydrogens (tertiary/aromatic N) is 2. The van der Waals surface area contributed by atoms with Gasteiger partial charge in [0.15, 0.2) is 0 Å². The van der Waals surface area contributed by atoms with Gasteiger partial charge in [-0.1, -0.05) is 0 Å². The van der Waals surface area contributed by atoms with Gasteiger partial charge in [-0.3, -0.25) is 0 Å². The van der Waals surface area contributed by atoms with Crippen LogP contribution in [0.4, 0.5) is 4.79 Å². The highest BCUT2D eigenvalue weighted by molar-refractivity contribution is 7.89. The van der Waals surface area contributed by atoms with Crippen LogP contribution in [0.5, 0.6) is 0 Å². The van der Waals surface area contributed by atoms with E-state index < -0.39 is 10.0 Å². The lowest BCUT2D eigenvalue weighted by Crippen LogP contribution is -2.55. The van der Waals surface area contributed by atoms with Gasteiger partial charge in [-0.05, 0) is 45.8 Å². The standard InChI is InChI=1S/C13H26N4O3S/c1-14-21(19,20)9-6-15-13(18)17-8-5-12-11(10-17)4-3-7-16(12)2/h11-12,14H,3-10H2,1-2H3,(H,15,18)/t11-,12+/m1/s1. The number of fused-ring (bicyclic) bond motifs is 1. The van der Waals surface area contributed by atoms with Crippen molar-refractivity contribution in [3.05, 3.63) is 0 Å². The molecule has 2 aliphatic heterocycles. The van der Waals surface area contributed by atoms with Crippen molar-refractivity contribution in [1.29, 1.82) is 0 Å². The molecular weight excluding hydrogens is 292 g/mol. The summed E-state index contributed by atoms with van der Waals surface area (Å²) >= 11 is 0. The van der Waals surface area contributed by atoms with Crippen LogP contribution in [-0.2, 0) is 10.0 Å². The van der Waals surface area contributed by atoms with Gasteiger partial charge in [-0.25, -0.2) is 17.9 Å². The molecule has 0 radical (unpaired) electrons. The van der Waals surface area contributed by atoms with Crippen LogP contribution in [0.1, 0.15) is 19.3 Å². The van der Waals surface area contributed by atoms with E-state index in [1.54, 1.807) is 0 Å². The number of nitrogens with one attached hydrogen (secondary N) is 2. The van der Waals surface area contributed by atoms with Crippen LogP contribution in [-0.4, -0.2) is 76.3 Å². The van der Waals surface area contributed by atoms with Gasteiger partial charge in [0, 0.05) is 25.7 Å². The number of rotatable bonds is 4. The van der Waals surface area contributed by atoms with E-state index in [2.05, 4.69) is 22.0 Å². The van der Waals surface area contributed by atoms with Crippen molar-refractivity contribution in [2.45, 2.75) is 25.3 Å². The van der Waals surface area contributed by atoms with Crippen LogP contribution in [0.3, 0.4) is 0 Å². The molecule has 2 heterocycles. The molecule has 0 saturated carbocycles. The number of urea groups is 1. The average Bonchev–Trinajstić information content (AvgIpc) is 2.47. The fraction of sp³-hybridized carbons (Fsp3) is 0.923. The normalized spacial score (nSPS) is 27.2. The minimum atomic E-state index is -3.26. The molecule has 2 atom stereocenters. The molecule has 21 heavy (non-hydrogen) atoms. The number of hydrogen-bond acceptors (Lipinski definition) is 4. The molecule has 7 nitrogen and oxygen atoms in total. The van der Waals surface area contributed by atoms with Gasteiger partial charge in [0.1, 0.15) is 0 Å². The molecule has 2 aliphatic rings. The summed E-state index contributed by atoms with van der Waals surface area (Å²) in [5.41, 5.74) is 0. The summed E-state index contributed by atoms with van der Waals surface area (Å²) in [7, 11) is 0.276. The predicted octanol–water partition coefficient (Wildman–Crippen LogP) is -0.339. The maximum Gasteiger partial charge on any atom is 0.317 e. The van der Waals surface area contributed by atoms with E-state index >= 15 is 0 Å². The predicted molar refractivity (Wildman–Crippen MR) is 81.6 cm³/mol. The summed E-state index contributed by atoms with van der Waals surface area (Å²) in [6, 6.07) is 0.445. The number of carbonyl (C=O) groups excluding carboxylic acids is 1. The monoisotopic (exact) mass is 318 g/mol. The van der Waals surface area contributed by atoms with E-state index in [-0.39, 0.29) is 18.3 Å². The highest BCUT2D eigenvalue weighted by atomic mass is 32.2. The van der Waals surface area contributed by atoms with E-state index in [1.165, 1.54) is 19.9 Å². The Bertz CT molecular complexity index is 468. The van der Waals surface area contributed by atoms with Gasteiger partial charge in [-0.2, -0.15) is 0 Å². The molecule has 0 unspecified atom stereocenters. The number of hydrogen-bond donors (Lipinski definition) is 2. The van der Waals surface area contributed by atoms with Crippen molar-refractivity contribution in [2.75, 3.05) is 46.0 Å². The lowest BCUT2D eigenvalue weighted by Gasteiger charge is -2.45. The molecule has 2 amide bonds. The van der Waals surface area contributed by atoms with Crippen LogP contribution in [0.25, 0.3) is 0 Å². The largest absolute Gasteiger partial charge is 0.337 e. The molecule has 0 bridgehead atoms. The third kappa shape index (κ3) is 4.31. The Balaban J connectivity index is 1.79. The second-order valence-corrected chi connectivity index (χ2v) is 7.99. The van der Waals surface area contributed by atoms with E-state index in [4.69, 9.17) is 0 Å². The quantitative estimate of drug-likeness (QED) is 0.743. The fourth-order valence-corrected chi connectivity index (χ4v) is 3.92. The molecule has 8 heteroatoms. The van der Waals surface area contributed by atoms with E-state index in [0.717, 1.165) is 26.1 Å². The third-order valence-corrected chi connectivity index (χ3v) is 5.95. The highest BCUT2D eigenvalue weighted by Crippen LogP contribution is 2.29. The Hall–Kier alpha value is -0.860. The van der Waals surface area contributed by atoms with Crippen LogP contribution in [0.15, 0.2) is 0 Å². The Morgan fingerprint density at radius 3 is 2.76 bits per heavy atom. The molecule has 0 aromatic rings. The summed E-state index contributed by atoms with van der Waals surface area (Å²) in [4.78, 5) is 16.3. The van der Waals surface area contributed by atoms with Crippen molar-refractivity contribution in [3.8, 4) is 0 Å². The van der Waals surface area contributed by atoms with Crippen LogP contribution in [0, 0.1) is 5.92 Å². The minimum absolute atomic E-state index is 0.0854. The van der Waals surface area contributed by atoms with Crippen LogP contribution in [0.2, 0.25) is 0 Å². The van der Waals surface area contributed by atoms with Crippen molar-refractivity contribution < 1.29 is 13.2 Å². The zero-order chi connectivity index (χ0) is 15.5. The summed E-state index contributed by atoms with van der Waals surface area (Å²) in [5.74, 6) is 0.460. The number of carbonyl (C=O) groups is 1. The highest BCUT2D eigenvalue weighted by Gasteiger charge is 2.35. The molecule has 2 N–H and O–H groups in total. The van der Waals surface area contributed by atoms with Gasteiger partial charge in [-0.15, -0.1) is 0 Å². The number of sulfonamides is 1. The molecule has 122 valence electrons. The second kappa shape index (κ2) is 6.93. The van der Waals surface area contributed by atoms with E-state index in [1.807, 2.05) is 4.90 Å². The molecule has 2 saturated heterocycles. The van der Waals surface area contributed by atoms with Crippen LogP contribution >= 0.6 is 0 Å². The van der Waals surface area contributed by atoms with Gasteiger partial charge in [0.05, 0.1) is 5.75 Å². The SMILES string of the molecule is CNS(=O)(=O)CCNC(=O)N1CC[C@H]2[C@H](CCCN2C)C1. The summed E-state index contributed by atoms with van der Waals surface area (Å²) in [5, 5.41) is 2.70. The van der Waals surface area contributed by atoms with Crippen molar-refractivity contribution >= 4 is 16.1 Å². The van der Waals surface area contributed by atoms with Gasteiger partial charge in [0.25, 0.3) is 0 Å². The first-order valence-corrected chi connectivity index (χ1v) is 9.22. The number of piperidine rings is 2. The lowest BCUT2D eigenvalue weighted by molar-refractivity contribution is 0.0517. The Morgan fingerprint density at radius 1 is 1.29 bits per heavy atom. The number of likely N-dealkylation sites (tertiary alicyclic amines) is 2. The maximum absolute atomic E-state index is 12.1. The minimum Gasteiger partial charge on any atom is -0.337 e. The zero-order valence-electron chi connectivity index (χ0n) is 12.8. The molecule has 0 spiro atoms. The maximum atomic E-state index is 12.1. The van der Waals surface area contributed by atoms with E-state index in [9.17, 15) is 13.2 Å². The Morgan fingerprint density at radius 2 is 2.05 bits per heavy atom. The van der Waals surface area contributed by atoms with Crippen molar-refractivity contribution in [1.82, 2.24) is 19.8 Å². The first kappa shape index (κ1) is 16.5. The first-order chi connectivity index (χ1) is 9.93. The lowest BCUT2D eigenvalue weighted by atomic mass is 9.84. The van der Waals surface area contributed by atoms with Gasteiger partial charge >= 0.3 is 6.03 Å². The smallest absolute Gasteiger partial charge is 0.317 e. The molecule has 0 aromatic heterocycles. The second-order valence-electron chi connectivity index (χ2n) is 5.94. The van der Waals surface area contributed by atoms with Gasteiger partial charge < -0.3 is 15.1 Å². The molecular formula is C13H26N4O3S. The summed E-state index contributed by atoms with van der Waals surface area (Å²) < 4.78 is 24.8. The topological polar surface area (TPSA) is 81.8 Å². The fourth-order valence-electron chi connectivity index (χ4n) is 3.34. The average molecular weight is 318 g/mol. The summed E-state index contributed by atoms with van der Waals surface area (Å²) in [6.07, 6.45) is 3.36. The molecule has 0 aliphatic carbocycles. The molecule has 2 fully saturated rings. The Labute approximate surface area is 127 Å². The van der Waals surface area contributed by atoms with Gasteiger partial charge in [0.2, 0.25) is 10.0 Å². The Kier molecular flexibility index (Phi) is 5.45. The zero-order valence-corrected chi connectivity index (χ0v) is 13.7. The first-order valence-electron chi connectivity index (χ1n) is 7.57. The van der Waals surface area contributed by atoms with Crippen LogP contribution < -0.4 is 10.0 Å². The number of amides is 2. The van der Waals surface area contributed by atoms with E-state index in [0.29, 0.717) is 12.0 Å². The molecule has 0 aromatic carbocycles. The third-order valence-electron chi connectivity index (χ3n) is 4.59. The van der Waals surface area contributed by atoms with Crippen molar-refractivity contribution in [3.63, 3.8) is 0 Å². The summed E-state index contributed by atoms with van der Waals surface area (Å²) in [6.45, 7) is 2.82. The molecule has 2 rings (SSSR count).